The van der Waals surface area contributed by atoms with Crippen LogP contribution in [0.25, 0.3) is 10.8 Å². The number of carbonyl (C=O) groups is 1. The van der Waals surface area contributed by atoms with Crippen LogP contribution in [-0.4, -0.2) is 41.9 Å². The molecular formula is C21H24N4O2. The van der Waals surface area contributed by atoms with E-state index in [0.717, 1.165) is 37.1 Å². The van der Waals surface area contributed by atoms with E-state index in [9.17, 15) is 4.79 Å². The molecule has 0 atom stereocenters. The van der Waals surface area contributed by atoms with Gasteiger partial charge in [-0.1, -0.05) is 30.3 Å². The summed E-state index contributed by atoms with van der Waals surface area (Å²) < 4.78 is 7.62. The molecule has 0 bridgehead atoms. The number of rotatable bonds is 6. The van der Waals surface area contributed by atoms with Gasteiger partial charge in [-0.3, -0.25) is 9.48 Å². The number of fused-ring (bicyclic) bond motifs is 1. The standard InChI is InChI=1S/C21H24N4O2/c26-20(21(8-11-22-12-9-21)25-14-3-10-24-25)23-13-15-27-19-7-6-17-4-1-2-5-18(17)16-19/h1-7,10,14,16,22H,8-9,11-13,15H2,(H,23,26). The molecule has 2 aromatic carbocycles. The number of nitrogens with zero attached hydrogens (tertiary/aromatic N) is 2. The van der Waals surface area contributed by atoms with Gasteiger partial charge < -0.3 is 15.4 Å². The van der Waals surface area contributed by atoms with Gasteiger partial charge in [-0.25, -0.2) is 0 Å². The average molecular weight is 364 g/mol. The first kappa shape index (κ1) is 17.5. The van der Waals surface area contributed by atoms with Crippen LogP contribution in [0.4, 0.5) is 0 Å². The highest BCUT2D eigenvalue weighted by Crippen LogP contribution is 2.27. The summed E-state index contributed by atoms with van der Waals surface area (Å²) in [5.74, 6) is 0.821. The van der Waals surface area contributed by atoms with Gasteiger partial charge in [0.05, 0.1) is 6.54 Å². The fourth-order valence-corrected chi connectivity index (χ4v) is 3.68. The van der Waals surface area contributed by atoms with E-state index in [1.807, 2.05) is 42.6 Å². The van der Waals surface area contributed by atoms with Crippen molar-refractivity contribution in [1.82, 2.24) is 20.4 Å². The zero-order valence-electron chi connectivity index (χ0n) is 15.2. The van der Waals surface area contributed by atoms with Crippen molar-refractivity contribution in [2.75, 3.05) is 26.2 Å². The molecule has 2 N–H and O–H groups in total. The van der Waals surface area contributed by atoms with Crippen LogP contribution >= 0.6 is 0 Å². The summed E-state index contributed by atoms with van der Waals surface area (Å²) in [5, 5.41) is 13.0. The minimum atomic E-state index is -0.613. The number of nitrogens with one attached hydrogen (secondary N) is 2. The van der Waals surface area contributed by atoms with Crippen LogP contribution < -0.4 is 15.4 Å². The molecule has 4 rings (SSSR count). The van der Waals surface area contributed by atoms with Crippen LogP contribution in [0.15, 0.2) is 60.9 Å². The smallest absolute Gasteiger partial charge is 0.248 e. The van der Waals surface area contributed by atoms with Crippen LogP contribution in [-0.2, 0) is 10.3 Å². The Balaban J connectivity index is 1.35. The van der Waals surface area contributed by atoms with Gasteiger partial charge in [0.15, 0.2) is 0 Å². The molecule has 1 fully saturated rings. The van der Waals surface area contributed by atoms with Gasteiger partial charge in [-0.15, -0.1) is 0 Å². The number of piperidine rings is 1. The summed E-state index contributed by atoms with van der Waals surface area (Å²) in [4.78, 5) is 12.9. The van der Waals surface area contributed by atoms with Gasteiger partial charge in [-0.2, -0.15) is 5.10 Å². The second kappa shape index (κ2) is 7.80. The Labute approximate surface area is 158 Å². The van der Waals surface area contributed by atoms with E-state index >= 15 is 0 Å². The lowest BCUT2D eigenvalue weighted by Crippen LogP contribution is -2.55. The number of hydrogen-bond acceptors (Lipinski definition) is 4. The topological polar surface area (TPSA) is 68.2 Å². The normalized spacial score (nSPS) is 16.1. The van der Waals surface area contributed by atoms with Gasteiger partial charge in [0.1, 0.15) is 17.9 Å². The van der Waals surface area contributed by atoms with Crippen molar-refractivity contribution in [1.29, 1.82) is 0 Å². The highest BCUT2D eigenvalue weighted by molar-refractivity contribution is 5.85. The quantitative estimate of drug-likeness (QED) is 0.659. The van der Waals surface area contributed by atoms with Crippen LogP contribution in [0.3, 0.4) is 0 Å². The zero-order chi connectivity index (χ0) is 18.5. The van der Waals surface area contributed by atoms with Crippen molar-refractivity contribution < 1.29 is 9.53 Å². The molecule has 6 nitrogen and oxygen atoms in total. The first-order valence-electron chi connectivity index (χ1n) is 9.39. The van der Waals surface area contributed by atoms with E-state index < -0.39 is 5.54 Å². The summed E-state index contributed by atoms with van der Waals surface area (Å²) in [6, 6.07) is 16.1. The van der Waals surface area contributed by atoms with Gasteiger partial charge in [0.2, 0.25) is 5.91 Å². The Bertz CT molecular complexity index is 901. The zero-order valence-corrected chi connectivity index (χ0v) is 15.2. The fourth-order valence-electron chi connectivity index (χ4n) is 3.68. The van der Waals surface area contributed by atoms with Crippen LogP contribution in [0.2, 0.25) is 0 Å². The Morgan fingerprint density at radius 2 is 1.96 bits per heavy atom. The minimum Gasteiger partial charge on any atom is -0.492 e. The number of hydrogen-bond donors (Lipinski definition) is 2. The number of amides is 1. The lowest BCUT2D eigenvalue weighted by molar-refractivity contribution is -0.132. The molecule has 0 saturated carbocycles. The molecule has 1 aliphatic rings. The van der Waals surface area contributed by atoms with Crippen LogP contribution in [0.5, 0.6) is 5.75 Å². The minimum absolute atomic E-state index is 0.00908. The number of aromatic nitrogens is 2. The van der Waals surface area contributed by atoms with Crippen molar-refractivity contribution in [2.45, 2.75) is 18.4 Å². The largest absolute Gasteiger partial charge is 0.492 e. The molecule has 2 heterocycles. The van der Waals surface area contributed by atoms with Gasteiger partial charge >= 0.3 is 0 Å². The molecule has 6 heteroatoms. The molecule has 1 aliphatic heterocycles. The monoisotopic (exact) mass is 364 g/mol. The summed E-state index contributed by atoms with van der Waals surface area (Å²) in [6.07, 6.45) is 5.05. The molecule has 3 aromatic rings. The summed E-state index contributed by atoms with van der Waals surface area (Å²) >= 11 is 0. The Morgan fingerprint density at radius 1 is 1.15 bits per heavy atom. The van der Waals surface area contributed by atoms with Gasteiger partial charge in [-0.05, 0) is 54.9 Å². The summed E-state index contributed by atoms with van der Waals surface area (Å²) in [5.41, 5.74) is -0.613. The molecule has 140 valence electrons. The second-order valence-corrected chi connectivity index (χ2v) is 6.85. The highest BCUT2D eigenvalue weighted by Gasteiger charge is 2.41. The molecule has 0 unspecified atom stereocenters. The predicted octanol–water partition coefficient (Wildman–Crippen LogP) is 2.31. The van der Waals surface area contributed by atoms with Gasteiger partial charge in [0, 0.05) is 12.4 Å². The summed E-state index contributed by atoms with van der Waals surface area (Å²) in [6.45, 7) is 2.50. The SMILES string of the molecule is O=C(NCCOc1ccc2ccccc2c1)C1(n2cccn2)CCNCC1. The predicted molar refractivity (Wildman–Crippen MR) is 105 cm³/mol. The maximum atomic E-state index is 12.9. The number of ether oxygens (including phenoxy) is 1. The molecular weight excluding hydrogens is 340 g/mol. The molecule has 0 spiro atoms. The third kappa shape index (κ3) is 3.66. The van der Waals surface area contributed by atoms with Gasteiger partial charge in [0.25, 0.3) is 0 Å². The summed E-state index contributed by atoms with van der Waals surface area (Å²) in [7, 11) is 0. The molecule has 1 amide bonds. The molecule has 27 heavy (non-hydrogen) atoms. The molecule has 0 radical (unpaired) electrons. The van der Waals surface area contributed by atoms with Crippen molar-refractivity contribution in [3.8, 4) is 5.75 Å². The van der Waals surface area contributed by atoms with Crippen molar-refractivity contribution in [2.24, 2.45) is 0 Å². The van der Waals surface area contributed by atoms with E-state index in [1.165, 1.54) is 5.39 Å². The first-order chi connectivity index (χ1) is 13.3. The lowest BCUT2D eigenvalue weighted by Gasteiger charge is -2.36. The Kier molecular flexibility index (Phi) is 5.07. The molecule has 1 saturated heterocycles. The second-order valence-electron chi connectivity index (χ2n) is 6.85. The van der Waals surface area contributed by atoms with Crippen molar-refractivity contribution in [3.63, 3.8) is 0 Å². The number of carbonyl (C=O) groups excluding carboxylic acids is 1. The van der Waals surface area contributed by atoms with Crippen LogP contribution in [0.1, 0.15) is 12.8 Å². The van der Waals surface area contributed by atoms with Crippen molar-refractivity contribution in [3.05, 3.63) is 60.9 Å². The number of benzene rings is 2. The third-order valence-electron chi connectivity index (χ3n) is 5.17. The Morgan fingerprint density at radius 3 is 2.74 bits per heavy atom. The lowest BCUT2D eigenvalue weighted by atomic mass is 9.87. The maximum absolute atomic E-state index is 12.9. The van der Waals surface area contributed by atoms with Crippen LogP contribution in [0, 0.1) is 0 Å². The molecule has 0 aliphatic carbocycles. The fraction of sp³-hybridized carbons (Fsp3) is 0.333. The third-order valence-corrected chi connectivity index (χ3v) is 5.17. The maximum Gasteiger partial charge on any atom is 0.248 e. The molecule has 1 aromatic heterocycles. The van der Waals surface area contributed by atoms with E-state index in [2.05, 4.69) is 27.9 Å². The van der Waals surface area contributed by atoms with E-state index in [0.29, 0.717) is 13.2 Å². The first-order valence-corrected chi connectivity index (χ1v) is 9.39. The van der Waals surface area contributed by atoms with E-state index in [4.69, 9.17) is 4.74 Å². The van der Waals surface area contributed by atoms with E-state index in [1.54, 1.807) is 10.9 Å². The highest BCUT2D eigenvalue weighted by atomic mass is 16.5. The van der Waals surface area contributed by atoms with E-state index in [-0.39, 0.29) is 5.91 Å². The van der Waals surface area contributed by atoms with Crippen molar-refractivity contribution >= 4 is 16.7 Å². The average Bonchev–Trinajstić information content (AvgIpc) is 3.27. The Hall–Kier alpha value is -2.86.